The summed E-state index contributed by atoms with van der Waals surface area (Å²) in [6.07, 6.45) is -3.22. The Morgan fingerprint density at radius 2 is 1.14 bits per heavy atom. The van der Waals surface area contributed by atoms with Crippen LogP contribution < -0.4 is 10.2 Å². The van der Waals surface area contributed by atoms with Gasteiger partial charge in [0.15, 0.2) is 0 Å². The predicted molar refractivity (Wildman–Crippen MR) is 172 cm³/mol. The number of halogens is 8. The van der Waals surface area contributed by atoms with Crippen LogP contribution in [0.5, 0.6) is 0 Å². The number of benzene rings is 1. The molecule has 0 amide bonds. The molecule has 1 N–H and O–H groups in total. The van der Waals surface area contributed by atoms with Crippen LogP contribution in [0.4, 0.5) is 35.1 Å². The summed E-state index contributed by atoms with van der Waals surface area (Å²) in [5, 5.41) is 20.8. The van der Waals surface area contributed by atoms with Crippen LogP contribution in [-0.4, -0.2) is 51.2 Å². The largest absolute Gasteiger partial charge is 0.477 e. The van der Waals surface area contributed by atoms with Gasteiger partial charge in [0.2, 0.25) is 0 Å². The van der Waals surface area contributed by atoms with Gasteiger partial charge in [0.1, 0.15) is 17.3 Å². The Kier molecular flexibility index (Phi) is 17.8. The molecule has 0 spiro atoms. The van der Waals surface area contributed by atoms with Crippen molar-refractivity contribution in [3.05, 3.63) is 144 Å². The zero-order chi connectivity index (χ0) is 39.3. The molecule has 0 saturated heterocycles. The first-order valence-electron chi connectivity index (χ1n) is 14.8. The number of carboxylic acid groups (broad SMARTS) is 1. The van der Waals surface area contributed by atoms with Gasteiger partial charge >= 0.3 is 18.3 Å². The van der Waals surface area contributed by atoms with Gasteiger partial charge in [-0.05, 0) is 66.7 Å². The number of carbonyl (C=O) groups is 1. The zero-order valence-electron chi connectivity index (χ0n) is 27.8. The SMILES string of the molecule is Cc1ccnc(-c2[c-]cc(F)cc2F)c1.FC(F)(F)c1n[n-]c(-c2ccccn2)n1.FC(F)(F)c1n[n-]c(-c2ccccn2)n1.O=C(O)c1ccccn1.[Ir].[Ir]. The third kappa shape index (κ3) is 14.2. The van der Waals surface area contributed by atoms with Crippen LogP contribution in [0.25, 0.3) is 34.3 Å². The average Bonchev–Trinajstić information content (AvgIpc) is 3.86. The molecule has 2 radical (unpaired) electrons. The number of pyridine rings is 4. The van der Waals surface area contributed by atoms with Crippen LogP contribution in [0.2, 0.25) is 0 Å². The molecule has 296 valence electrons. The van der Waals surface area contributed by atoms with Gasteiger partial charge in [-0.3, -0.25) is 28.9 Å². The van der Waals surface area contributed by atoms with Crippen molar-refractivity contribution in [2.45, 2.75) is 19.3 Å². The van der Waals surface area contributed by atoms with Gasteiger partial charge in [0, 0.05) is 76.6 Å². The Morgan fingerprint density at radius 1 is 0.661 bits per heavy atom. The van der Waals surface area contributed by atoms with Gasteiger partial charge < -0.3 is 30.3 Å². The number of nitrogens with zero attached hydrogens (tertiary/aromatic N) is 10. The molecule has 0 fully saturated rings. The monoisotopic (exact) mass is 1140 g/mol. The molecule has 6 heterocycles. The maximum absolute atomic E-state index is 13.4. The molecule has 7 aromatic rings. The first-order valence-corrected chi connectivity index (χ1v) is 14.8. The fraction of sp³-hybridized carbons (Fsp3) is 0.0882. The number of aromatic nitrogens is 10. The number of hydrogen-bond acceptors (Lipinski definition) is 9. The molecular weight excluding hydrogens is 1120 g/mol. The first-order chi connectivity index (χ1) is 25.6. The molecule has 0 atom stereocenters. The Labute approximate surface area is 338 Å². The van der Waals surface area contributed by atoms with Crippen LogP contribution in [0.15, 0.2) is 104 Å². The van der Waals surface area contributed by atoms with Crippen molar-refractivity contribution >= 4 is 5.97 Å². The summed E-state index contributed by atoms with van der Waals surface area (Å²) in [7, 11) is 0. The van der Waals surface area contributed by atoms with E-state index in [1.165, 1.54) is 36.8 Å². The van der Waals surface area contributed by atoms with Crippen LogP contribution in [-0.2, 0) is 52.6 Å². The maximum Gasteiger partial charge on any atom is 0.429 e. The van der Waals surface area contributed by atoms with Crippen LogP contribution in [0, 0.1) is 24.6 Å². The number of carboxylic acids is 1. The van der Waals surface area contributed by atoms with Gasteiger partial charge in [-0.2, -0.15) is 26.3 Å². The van der Waals surface area contributed by atoms with E-state index in [0.717, 1.165) is 17.7 Å². The van der Waals surface area contributed by atoms with E-state index in [-0.39, 0.29) is 74.5 Å². The second kappa shape index (κ2) is 21.4. The van der Waals surface area contributed by atoms with E-state index in [2.05, 4.69) is 56.4 Å². The molecule has 0 saturated carbocycles. The Hall–Kier alpha value is -5.69. The van der Waals surface area contributed by atoms with E-state index in [1.807, 2.05) is 13.0 Å². The number of aryl methyl sites for hydroxylation is 1. The molecule has 0 unspecified atom stereocenters. The van der Waals surface area contributed by atoms with Crippen LogP contribution in [0.1, 0.15) is 27.7 Å². The maximum atomic E-state index is 13.4. The van der Waals surface area contributed by atoms with Gasteiger partial charge in [-0.25, -0.2) is 9.78 Å². The Balaban J connectivity index is 0.000000259. The minimum atomic E-state index is -4.57. The summed E-state index contributed by atoms with van der Waals surface area (Å²) in [6, 6.07) is 22.3. The van der Waals surface area contributed by atoms with Crippen molar-refractivity contribution < 1.29 is 85.2 Å². The summed E-state index contributed by atoms with van der Waals surface area (Å²) in [4.78, 5) is 31.8. The molecule has 7 rings (SSSR count). The van der Waals surface area contributed by atoms with E-state index in [0.29, 0.717) is 5.69 Å². The fourth-order valence-electron chi connectivity index (χ4n) is 3.73. The second-order valence-corrected chi connectivity index (χ2v) is 10.1. The number of alkyl halides is 6. The summed E-state index contributed by atoms with van der Waals surface area (Å²) in [5.41, 5.74) is 2.24. The average molecular weight is 1140 g/mol. The third-order valence-electron chi connectivity index (χ3n) is 6.11. The van der Waals surface area contributed by atoms with Crippen molar-refractivity contribution in [3.63, 3.8) is 0 Å². The van der Waals surface area contributed by atoms with E-state index in [9.17, 15) is 39.9 Å². The molecule has 6 aromatic heterocycles. The summed E-state index contributed by atoms with van der Waals surface area (Å²) in [5.74, 6) is -5.01. The fourth-order valence-corrected chi connectivity index (χ4v) is 3.73. The van der Waals surface area contributed by atoms with Crippen molar-refractivity contribution in [2.75, 3.05) is 0 Å². The Bertz CT molecular complexity index is 2160. The van der Waals surface area contributed by atoms with Crippen LogP contribution >= 0.6 is 0 Å². The van der Waals surface area contributed by atoms with Gasteiger partial charge in [-0.15, -0.1) is 12.1 Å². The van der Waals surface area contributed by atoms with Crippen molar-refractivity contribution in [2.24, 2.45) is 0 Å². The molecule has 12 nitrogen and oxygen atoms in total. The van der Waals surface area contributed by atoms with Gasteiger partial charge in [0.05, 0.1) is 11.4 Å². The molecular formula is C34H21F8Ir2N10O2-3. The van der Waals surface area contributed by atoms with E-state index < -0.39 is 41.6 Å². The van der Waals surface area contributed by atoms with E-state index in [4.69, 9.17) is 5.11 Å². The predicted octanol–water partition coefficient (Wildman–Crippen LogP) is 6.94. The van der Waals surface area contributed by atoms with Crippen molar-refractivity contribution in [1.29, 1.82) is 0 Å². The van der Waals surface area contributed by atoms with Gasteiger partial charge in [0.25, 0.3) is 0 Å². The van der Waals surface area contributed by atoms with E-state index in [1.54, 1.807) is 48.7 Å². The molecule has 22 heteroatoms. The zero-order valence-corrected chi connectivity index (χ0v) is 32.6. The minimum Gasteiger partial charge on any atom is -0.477 e. The number of hydrogen-bond donors (Lipinski definition) is 1. The Morgan fingerprint density at radius 3 is 1.50 bits per heavy atom. The third-order valence-corrected chi connectivity index (χ3v) is 6.11. The summed E-state index contributed by atoms with van der Waals surface area (Å²) in [6.45, 7) is 1.88. The van der Waals surface area contributed by atoms with Crippen LogP contribution in [0.3, 0.4) is 0 Å². The quantitative estimate of drug-likeness (QED) is 0.143. The summed E-state index contributed by atoms with van der Waals surface area (Å²) >= 11 is 0. The van der Waals surface area contributed by atoms with E-state index >= 15 is 0 Å². The molecule has 1 aromatic carbocycles. The number of aromatic carboxylic acids is 1. The standard InChI is InChI=1S/C12H8F2N.2C8H4F3N4.C6H5NO2.2Ir/c1-8-4-5-15-12(6-8)10-3-2-9(13)7-11(10)14;2*9-8(10,11)7-13-6(14-15-7)5-3-1-2-4-12-5;8-6(9)5-3-1-2-4-7-5;;/h2,4-7H,1H3;2*1-4H;1-4H,(H,8,9);;/q3*-1;;;. The second-order valence-electron chi connectivity index (χ2n) is 10.1. The molecule has 0 aliphatic heterocycles. The topological polar surface area (TPSA) is 169 Å². The normalized spacial score (nSPS) is 10.4. The number of rotatable bonds is 4. The molecule has 0 aliphatic rings. The smallest absolute Gasteiger partial charge is 0.429 e. The van der Waals surface area contributed by atoms with Crippen molar-refractivity contribution in [1.82, 2.24) is 50.3 Å². The molecule has 56 heavy (non-hydrogen) atoms. The molecule has 0 aliphatic carbocycles. The minimum absolute atomic E-state index is 0. The molecule has 0 bridgehead atoms. The summed E-state index contributed by atoms with van der Waals surface area (Å²) < 4.78 is 98.8. The van der Waals surface area contributed by atoms with Gasteiger partial charge in [-0.1, -0.05) is 41.5 Å². The van der Waals surface area contributed by atoms with Crippen molar-refractivity contribution in [3.8, 4) is 34.3 Å². The first kappa shape index (κ1) is 46.5.